The van der Waals surface area contributed by atoms with Crippen LogP contribution < -0.4 is 10.2 Å². The van der Waals surface area contributed by atoms with E-state index >= 15 is 0 Å². The molecule has 1 atom stereocenters. The second kappa shape index (κ2) is 10.4. The highest BCUT2D eigenvalue weighted by atomic mass is 16.4. The molecule has 0 saturated heterocycles. The Kier molecular flexibility index (Phi) is 7.64. The molecule has 2 aromatic carbocycles. The molecule has 7 nitrogen and oxygen atoms in total. The van der Waals surface area contributed by atoms with Crippen molar-refractivity contribution in [3.05, 3.63) is 64.7 Å². The molecule has 3 rings (SSSR count). The molecule has 0 bridgehead atoms. The van der Waals surface area contributed by atoms with Gasteiger partial charge in [-0.05, 0) is 49.6 Å². The minimum atomic E-state index is -0.886. The second-order valence-corrected chi connectivity index (χ2v) is 8.30. The molecular weight excluding hydrogens is 406 g/mol. The fourth-order valence-corrected chi connectivity index (χ4v) is 4.01. The number of anilines is 1. The van der Waals surface area contributed by atoms with E-state index < -0.39 is 12.0 Å². The van der Waals surface area contributed by atoms with Gasteiger partial charge < -0.3 is 20.2 Å². The average molecular weight is 438 g/mol. The number of ketones is 1. The number of carboxylic acid groups (broad SMARTS) is 1. The summed E-state index contributed by atoms with van der Waals surface area (Å²) in [6, 6.07) is 12.3. The van der Waals surface area contributed by atoms with Crippen molar-refractivity contribution >= 4 is 23.3 Å². The summed E-state index contributed by atoms with van der Waals surface area (Å²) in [6.45, 7) is 5.48. The largest absolute Gasteiger partial charge is 0.480 e. The number of hydrogen-bond donors (Lipinski definition) is 2. The Morgan fingerprint density at radius 3 is 2.53 bits per heavy atom. The Bertz CT molecular complexity index is 987. The predicted octanol–water partition coefficient (Wildman–Crippen LogP) is 3.11. The zero-order valence-electron chi connectivity index (χ0n) is 18.9. The summed E-state index contributed by atoms with van der Waals surface area (Å²) in [5.74, 6) is -0.863. The lowest BCUT2D eigenvalue weighted by atomic mass is 10.0. The molecule has 0 saturated carbocycles. The van der Waals surface area contributed by atoms with E-state index in [1.165, 1.54) is 0 Å². The van der Waals surface area contributed by atoms with E-state index in [2.05, 4.69) is 10.2 Å². The summed E-state index contributed by atoms with van der Waals surface area (Å²) in [4.78, 5) is 40.5. The molecule has 7 heteroatoms. The van der Waals surface area contributed by atoms with Crippen molar-refractivity contribution in [1.29, 1.82) is 0 Å². The molecule has 0 aliphatic carbocycles. The quantitative estimate of drug-likeness (QED) is 0.555. The monoisotopic (exact) mass is 437 g/mol. The van der Waals surface area contributed by atoms with Gasteiger partial charge in [0.15, 0.2) is 5.78 Å². The molecule has 0 radical (unpaired) electrons. The molecule has 2 aromatic rings. The van der Waals surface area contributed by atoms with Gasteiger partial charge in [-0.1, -0.05) is 37.3 Å². The lowest BCUT2D eigenvalue weighted by Crippen LogP contribution is -2.45. The summed E-state index contributed by atoms with van der Waals surface area (Å²) >= 11 is 0. The van der Waals surface area contributed by atoms with Crippen molar-refractivity contribution in [3.8, 4) is 0 Å². The van der Waals surface area contributed by atoms with Crippen LogP contribution in [0.3, 0.4) is 0 Å². The number of nitrogens with one attached hydrogen (secondary N) is 1. The molecule has 1 aliphatic heterocycles. The van der Waals surface area contributed by atoms with Crippen molar-refractivity contribution < 1.29 is 19.5 Å². The van der Waals surface area contributed by atoms with E-state index in [1.54, 1.807) is 17.0 Å². The molecule has 1 heterocycles. The van der Waals surface area contributed by atoms with E-state index in [1.807, 2.05) is 51.2 Å². The predicted molar refractivity (Wildman–Crippen MR) is 124 cm³/mol. The Morgan fingerprint density at radius 1 is 1.16 bits per heavy atom. The summed E-state index contributed by atoms with van der Waals surface area (Å²) in [6.07, 6.45) is 1.30. The maximum atomic E-state index is 12.8. The molecule has 0 spiro atoms. The van der Waals surface area contributed by atoms with Crippen molar-refractivity contribution in [2.45, 2.75) is 39.2 Å². The van der Waals surface area contributed by atoms with E-state index in [0.29, 0.717) is 50.1 Å². The van der Waals surface area contributed by atoms with Crippen LogP contribution in [0.25, 0.3) is 0 Å². The van der Waals surface area contributed by atoms with Gasteiger partial charge in [-0.25, -0.2) is 0 Å². The van der Waals surface area contributed by atoms with Crippen LogP contribution in [0.15, 0.2) is 42.5 Å². The third-order valence-electron chi connectivity index (χ3n) is 5.76. The lowest BCUT2D eigenvalue weighted by molar-refractivity contribution is -0.139. The minimum absolute atomic E-state index is 0.00331. The number of carboxylic acids is 1. The van der Waals surface area contributed by atoms with E-state index in [-0.39, 0.29) is 11.7 Å². The first-order valence-corrected chi connectivity index (χ1v) is 11.0. The first-order chi connectivity index (χ1) is 15.3. The van der Waals surface area contributed by atoms with E-state index in [4.69, 9.17) is 0 Å². The summed E-state index contributed by atoms with van der Waals surface area (Å²) in [7, 11) is 1.97. The van der Waals surface area contributed by atoms with Crippen LogP contribution in [-0.4, -0.2) is 60.5 Å². The van der Waals surface area contributed by atoms with Crippen LogP contribution in [-0.2, 0) is 11.2 Å². The van der Waals surface area contributed by atoms with Gasteiger partial charge >= 0.3 is 5.97 Å². The van der Waals surface area contributed by atoms with Crippen LogP contribution in [0, 0.1) is 6.92 Å². The van der Waals surface area contributed by atoms with Crippen molar-refractivity contribution in [3.63, 3.8) is 0 Å². The third kappa shape index (κ3) is 5.53. The van der Waals surface area contributed by atoms with Gasteiger partial charge in [0.05, 0.1) is 17.9 Å². The highest BCUT2D eigenvalue weighted by Crippen LogP contribution is 2.27. The number of benzene rings is 2. The fraction of sp³-hybridized carbons (Fsp3) is 0.400. The van der Waals surface area contributed by atoms with Crippen molar-refractivity contribution in [2.24, 2.45) is 0 Å². The Labute approximate surface area is 189 Å². The molecule has 1 aliphatic rings. The molecule has 0 aromatic heterocycles. The maximum absolute atomic E-state index is 12.8. The van der Waals surface area contributed by atoms with Crippen LogP contribution in [0.2, 0.25) is 0 Å². The van der Waals surface area contributed by atoms with Gasteiger partial charge in [-0.15, -0.1) is 0 Å². The molecule has 2 N–H and O–H groups in total. The van der Waals surface area contributed by atoms with Crippen LogP contribution in [0.4, 0.5) is 5.69 Å². The molecule has 170 valence electrons. The highest BCUT2D eigenvalue weighted by molar-refractivity contribution is 6.01. The number of Topliss-reactive ketones (excluding diaryl/α,β-unsaturated/α-hetero) is 1. The number of amides is 1. The van der Waals surface area contributed by atoms with Crippen LogP contribution in [0.5, 0.6) is 0 Å². The minimum Gasteiger partial charge on any atom is -0.480 e. The first kappa shape index (κ1) is 23.5. The smallest absolute Gasteiger partial charge is 0.321 e. The molecule has 1 unspecified atom stereocenters. The number of carbonyl (C=O) groups excluding carboxylic acids is 2. The number of fused-ring (bicyclic) bond motifs is 1. The number of nitrogens with zero attached hydrogens (tertiary/aromatic N) is 2. The molecule has 0 fully saturated rings. The van der Waals surface area contributed by atoms with E-state index in [0.717, 1.165) is 16.8 Å². The van der Waals surface area contributed by atoms with Gasteiger partial charge in [-0.2, -0.15) is 0 Å². The molecular formula is C25H31N3O4. The Hall–Kier alpha value is -3.19. The normalized spacial score (nSPS) is 14.3. The van der Waals surface area contributed by atoms with E-state index in [9.17, 15) is 19.5 Å². The summed E-state index contributed by atoms with van der Waals surface area (Å²) in [5.41, 5.74) is 4.23. The molecule has 1 amide bonds. The SMILES string of the molecule is CCNC(Cc1ccc(C(=O)CCCN2CN(C)c3cc(C)ccc3C2=O)cc1)C(=O)O. The van der Waals surface area contributed by atoms with Gasteiger partial charge in [0, 0.05) is 25.6 Å². The Balaban J connectivity index is 1.53. The van der Waals surface area contributed by atoms with Crippen LogP contribution >= 0.6 is 0 Å². The van der Waals surface area contributed by atoms with Crippen molar-refractivity contribution in [1.82, 2.24) is 10.2 Å². The zero-order valence-corrected chi connectivity index (χ0v) is 18.9. The number of likely N-dealkylation sites (N-methyl/N-ethyl adjacent to an activating group) is 1. The summed E-state index contributed by atoms with van der Waals surface area (Å²) < 4.78 is 0. The lowest BCUT2D eigenvalue weighted by Gasteiger charge is -2.36. The number of rotatable bonds is 10. The van der Waals surface area contributed by atoms with Gasteiger partial charge in [-0.3, -0.25) is 14.4 Å². The van der Waals surface area contributed by atoms with Gasteiger partial charge in [0.1, 0.15) is 6.04 Å². The van der Waals surface area contributed by atoms with Crippen molar-refractivity contribution in [2.75, 3.05) is 31.7 Å². The standard InChI is InChI=1S/C25H31N3O4/c1-4-26-21(25(31)32)15-18-8-10-19(11-9-18)23(29)6-5-13-28-16-27(3)22-14-17(2)7-12-20(22)24(28)30/h7-12,14,21,26H,4-6,13,15-16H2,1-3H3,(H,31,32). The first-order valence-electron chi connectivity index (χ1n) is 11.0. The number of hydrogen-bond acceptors (Lipinski definition) is 5. The second-order valence-electron chi connectivity index (χ2n) is 8.30. The van der Waals surface area contributed by atoms with Gasteiger partial charge in [0.25, 0.3) is 5.91 Å². The average Bonchev–Trinajstić information content (AvgIpc) is 2.77. The Morgan fingerprint density at radius 2 is 1.88 bits per heavy atom. The molecule has 32 heavy (non-hydrogen) atoms. The summed E-state index contributed by atoms with van der Waals surface area (Å²) in [5, 5.41) is 12.2. The van der Waals surface area contributed by atoms with Gasteiger partial charge in [0.2, 0.25) is 0 Å². The number of carbonyl (C=O) groups is 3. The number of aryl methyl sites for hydroxylation is 1. The maximum Gasteiger partial charge on any atom is 0.321 e. The number of aliphatic carboxylic acids is 1. The third-order valence-corrected chi connectivity index (χ3v) is 5.76. The zero-order chi connectivity index (χ0) is 23.3. The van der Waals surface area contributed by atoms with Crippen LogP contribution in [0.1, 0.15) is 51.6 Å². The topological polar surface area (TPSA) is 90.0 Å². The highest BCUT2D eigenvalue weighted by Gasteiger charge is 2.27. The fourth-order valence-electron chi connectivity index (χ4n) is 4.01.